The molecule has 0 heterocycles. The molecular weight excluding hydrogens is 351 g/mol. The molecule has 0 N–H and O–H groups in total. The Labute approximate surface area is 150 Å². The number of carbonyl (C=O) groups is 2. The van der Waals surface area contributed by atoms with Gasteiger partial charge in [0.1, 0.15) is 5.75 Å². The summed E-state index contributed by atoms with van der Waals surface area (Å²) in [5.41, 5.74) is 2.40. The Hall–Kier alpha value is -2.04. The van der Waals surface area contributed by atoms with Crippen LogP contribution in [0.1, 0.15) is 21.5 Å². The first-order valence-electron chi connectivity index (χ1n) is 7.20. The van der Waals surface area contributed by atoms with E-state index < -0.39 is 5.97 Å². The summed E-state index contributed by atoms with van der Waals surface area (Å²) in [6, 6.07) is 10.1. The second-order valence-corrected chi connectivity index (χ2v) is 6.14. The van der Waals surface area contributed by atoms with Crippen LogP contribution >= 0.6 is 23.2 Å². The van der Waals surface area contributed by atoms with Crippen molar-refractivity contribution in [1.29, 1.82) is 0 Å². The van der Waals surface area contributed by atoms with Crippen molar-refractivity contribution >= 4 is 35.0 Å². The van der Waals surface area contributed by atoms with Crippen LogP contribution in [0.4, 0.5) is 0 Å². The number of hydrogen-bond acceptors (Lipinski definition) is 4. The molecule has 0 spiro atoms. The zero-order chi connectivity index (χ0) is 17.7. The van der Waals surface area contributed by atoms with Gasteiger partial charge in [-0.3, -0.25) is 4.79 Å². The summed E-state index contributed by atoms with van der Waals surface area (Å²) in [4.78, 5) is 23.7. The third kappa shape index (κ3) is 5.25. The molecule has 0 saturated heterocycles. The van der Waals surface area contributed by atoms with Crippen molar-refractivity contribution in [2.24, 2.45) is 0 Å². The fraction of sp³-hybridized carbons (Fsp3) is 0.222. The van der Waals surface area contributed by atoms with Crippen LogP contribution in [-0.4, -0.2) is 25.0 Å². The number of rotatable bonds is 6. The molecule has 0 saturated carbocycles. The standard InChI is InChI=1S/C18H16Cl2O4/c1-11-5-12(2)7-14(6-11)23-10-18(22)24-9-17(21)13-3-4-15(19)16(20)8-13/h3-8H,9-10H2,1-2H3. The summed E-state index contributed by atoms with van der Waals surface area (Å²) in [6.45, 7) is 3.23. The predicted octanol–water partition coefficient (Wildman–Crippen LogP) is 4.42. The second kappa shape index (κ2) is 8.18. The number of aryl methyl sites for hydroxylation is 2. The van der Waals surface area contributed by atoms with Gasteiger partial charge in [0.25, 0.3) is 0 Å². The number of esters is 1. The molecule has 0 bridgehead atoms. The lowest BCUT2D eigenvalue weighted by Crippen LogP contribution is -2.19. The minimum Gasteiger partial charge on any atom is -0.482 e. The van der Waals surface area contributed by atoms with E-state index in [4.69, 9.17) is 32.7 Å². The van der Waals surface area contributed by atoms with Crippen molar-refractivity contribution in [3.63, 3.8) is 0 Å². The quantitative estimate of drug-likeness (QED) is 0.560. The lowest BCUT2D eigenvalue weighted by molar-refractivity contribution is -0.144. The molecule has 6 heteroatoms. The fourth-order valence-corrected chi connectivity index (χ4v) is 2.40. The zero-order valence-corrected chi connectivity index (χ0v) is 14.8. The molecule has 2 aromatic rings. The van der Waals surface area contributed by atoms with Gasteiger partial charge in [0, 0.05) is 5.56 Å². The molecule has 0 aromatic heterocycles. The van der Waals surface area contributed by atoms with Crippen LogP contribution < -0.4 is 4.74 Å². The molecule has 0 aliphatic heterocycles. The molecule has 0 amide bonds. The lowest BCUT2D eigenvalue weighted by Gasteiger charge is -2.08. The van der Waals surface area contributed by atoms with E-state index in [1.165, 1.54) is 18.2 Å². The number of ketones is 1. The molecule has 0 fully saturated rings. The largest absolute Gasteiger partial charge is 0.482 e. The van der Waals surface area contributed by atoms with Gasteiger partial charge in [-0.15, -0.1) is 0 Å². The summed E-state index contributed by atoms with van der Waals surface area (Å²) in [5.74, 6) is -0.406. The molecule has 0 atom stereocenters. The summed E-state index contributed by atoms with van der Waals surface area (Å²) in [6.07, 6.45) is 0. The van der Waals surface area contributed by atoms with Gasteiger partial charge in [-0.2, -0.15) is 0 Å². The van der Waals surface area contributed by atoms with Crippen molar-refractivity contribution < 1.29 is 19.1 Å². The summed E-state index contributed by atoms with van der Waals surface area (Å²) in [7, 11) is 0. The van der Waals surface area contributed by atoms with Crippen LogP contribution in [0.3, 0.4) is 0 Å². The Bertz CT molecular complexity index is 751. The number of Topliss-reactive ketones (excluding diaryl/α,β-unsaturated/α-hetero) is 1. The van der Waals surface area contributed by atoms with Crippen LogP contribution in [0.5, 0.6) is 5.75 Å². The highest BCUT2D eigenvalue weighted by Gasteiger charge is 2.12. The third-order valence-corrected chi connectivity index (χ3v) is 3.90. The van der Waals surface area contributed by atoms with Crippen LogP contribution in [0, 0.1) is 13.8 Å². The minimum absolute atomic E-state index is 0.266. The maximum Gasteiger partial charge on any atom is 0.344 e. The van der Waals surface area contributed by atoms with Crippen LogP contribution in [0.25, 0.3) is 0 Å². The van der Waals surface area contributed by atoms with Crippen molar-refractivity contribution in [2.45, 2.75) is 13.8 Å². The number of benzene rings is 2. The van der Waals surface area contributed by atoms with E-state index in [9.17, 15) is 9.59 Å². The van der Waals surface area contributed by atoms with Crippen molar-refractivity contribution in [1.82, 2.24) is 0 Å². The molecule has 126 valence electrons. The molecule has 4 nitrogen and oxygen atoms in total. The zero-order valence-electron chi connectivity index (χ0n) is 13.3. The SMILES string of the molecule is Cc1cc(C)cc(OCC(=O)OCC(=O)c2ccc(Cl)c(Cl)c2)c1. The van der Waals surface area contributed by atoms with E-state index in [0.29, 0.717) is 16.3 Å². The monoisotopic (exact) mass is 366 g/mol. The van der Waals surface area contributed by atoms with Crippen molar-refractivity contribution in [2.75, 3.05) is 13.2 Å². The minimum atomic E-state index is -0.623. The molecule has 24 heavy (non-hydrogen) atoms. The van der Waals surface area contributed by atoms with E-state index in [1.807, 2.05) is 32.0 Å². The average molecular weight is 367 g/mol. The fourth-order valence-electron chi connectivity index (χ4n) is 2.10. The number of carbonyl (C=O) groups excluding carboxylic acids is 2. The molecule has 0 aliphatic carbocycles. The smallest absolute Gasteiger partial charge is 0.344 e. The first kappa shape index (κ1) is 18.3. The first-order valence-corrected chi connectivity index (χ1v) is 7.95. The molecule has 2 rings (SSSR count). The van der Waals surface area contributed by atoms with Crippen molar-refractivity contribution in [3.8, 4) is 5.75 Å². The van der Waals surface area contributed by atoms with Gasteiger partial charge in [0.15, 0.2) is 19.0 Å². The van der Waals surface area contributed by atoms with Gasteiger partial charge in [-0.05, 0) is 55.3 Å². The third-order valence-electron chi connectivity index (χ3n) is 3.16. The number of hydrogen-bond donors (Lipinski definition) is 0. The first-order chi connectivity index (χ1) is 11.3. The van der Waals surface area contributed by atoms with Crippen LogP contribution in [0.2, 0.25) is 10.0 Å². The predicted molar refractivity (Wildman–Crippen MR) is 93.2 cm³/mol. The van der Waals surface area contributed by atoms with Gasteiger partial charge in [0.2, 0.25) is 0 Å². The highest BCUT2D eigenvalue weighted by Crippen LogP contribution is 2.22. The van der Waals surface area contributed by atoms with E-state index in [1.54, 1.807) is 0 Å². The second-order valence-electron chi connectivity index (χ2n) is 5.32. The Morgan fingerprint density at radius 3 is 2.21 bits per heavy atom. The van der Waals surface area contributed by atoms with Crippen molar-refractivity contribution in [3.05, 3.63) is 63.1 Å². The Morgan fingerprint density at radius 1 is 0.917 bits per heavy atom. The van der Waals surface area contributed by atoms with Crippen LogP contribution in [0.15, 0.2) is 36.4 Å². The van der Waals surface area contributed by atoms with Gasteiger partial charge >= 0.3 is 5.97 Å². The Morgan fingerprint density at radius 2 is 1.58 bits per heavy atom. The Balaban J connectivity index is 1.84. The summed E-state index contributed by atoms with van der Waals surface area (Å²) in [5, 5.41) is 0.624. The molecular formula is C18H16Cl2O4. The maximum absolute atomic E-state index is 12.0. The summed E-state index contributed by atoms with van der Waals surface area (Å²) >= 11 is 11.6. The van der Waals surface area contributed by atoms with Crippen LogP contribution in [-0.2, 0) is 9.53 Å². The van der Waals surface area contributed by atoms with Gasteiger partial charge in [-0.1, -0.05) is 29.3 Å². The molecule has 0 unspecified atom stereocenters. The van der Waals surface area contributed by atoms with E-state index in [-0.39, 0.29) is 24.0 Å². The van der Waals surface area contributed by atoms with E-state index >= 15 is 0 Å². The number of ether oxygens (including phenoxy) is 2. The van der Waals surface area contributed by atoms with Gasteiger partial charge in [0.05, 0.1) is 10.0 Å². The van der Waals surface area contributed by atoms with E-state index in [2.05, 4.69) is 0 Å². The van der Waals surface area contributed by atoms with E-state index in [0.717, 1.165) is 11.1 Å². The van der Waals surface area contributed by atoms with Gasteiger partial charge in [-0.25, -0.2) is 4.79 Å². The molecule has 2 aromatic carbocycles. The van der Waals surface area contributed by atoms with Gasteiger partial charge < -0.3 is 9.47 Å². The highest BCUT2D eigenvalue weighted by molar-refractivity contribution is 6.42. The number of halogens is 2. The topological polar surface area (TPSA) is 52.6 Å². The summed E-state index contributed by atoms with van der Waals surface area (Å²) < 4.78 is 10.3. The Kier molecular flexibility index (Phi) is 6.23. The lowest BCUT2D eigenvalue weighted by atomic mass is 10.1. The molecule has 0 aliphatic rings. The highest BCUT2D eigenvalue weighted by atomic mass is 35.5. The molecule has 0 radical (unpaired) electrons. The maximum atomic E-state index is 12.0. The normalized spacial score (nSPS) is 10.3. The average Bonchev–Trinajstić information content (AvgIpc) is 2.52.